The van der Waals surface area contributed by atoms with Crippen molar-refractivity contribution in [3.63, 3.8) is 0 Å². The Kier molecular flexibility index (Phi) is 5.97. The van der Waals surface area contributed by atoms with Gasteiger partial charge in [-0.2, -0.15) is 0 Å². The highest BCUT2D eigenvalue weighted by Gasteiger charge is 2.19. The SMILES string of the molecule is CC(C)N(CCO)C(=O)Nc1cc(Br)ccc1C(=O)O. The van der Waals surface area contributed by atoms with Gasteiger partial charge in [0, 0.05) is 17.1 Å². The van der Waals surface area contributed by atoms with E-state index in [1.807, 2.05) is 13.8 Å². The molecule has 0 saturated carbocycles. The Labute approximate surface area is 125 Å². The van der Waals surface area contributed by atoms with Gasteiger partial charge < -0.3 is 20.4 Å². The maximum absolute atomic E-state index is 12.1. The zero-order valence-corrected chi connectivity index (χ0v) is 12.8. The Morgan fingerprint density at radius 1 is 1.40 bits per heavy atom. The molecule has 0 fully saturated rings. The van der Waals surface area contributed by atoms with Gasteiger partial charge in [0.2, 0.25) is 0 Å². The molecule has 6 nitrogen and oxygen atoms in total. The fourth-order valence-corrected chi connectivity index (χ4v) is 2.06. The number of aliphatic hydroxyl groups is 1. The van der Waals surface area contributed by atoms with Crippen LogP contribution in [0.3, 0.4) is 0 Å². The van der Waals surface area contributed by atoms with Gasteiger partial charge in [-0.3, -0.25) is 0 Å². The summed E-state index contributed by atoms with van der Waals surface area (Å²) in [5.41, 5.74) is 0.217. The number of carbonyl (C=O) groups is 2. The van der Waals surface area contributed by atoms with Crippen LogP contribution in [0.1, 0.15) is 24.2 Å². The highest BCUT2D eigenvalue weighted by molar-refractivity contribution is 9.10. The van der Waals surface area contributed by atoms with E-state index < -0.39 is 12.0 Å². The van der Waals surface area contributed by atoms with Gasteiger partial charge >= 0.3 is 12.0 Å². The quantitative estimate of drug-likeness (QED) is 0.764. The van der Waals surface area contributed by atoms with Crippen molar-refractivity contribution >= 4 is 33.6 Å². The lowest BCUT2D eigenvalue weighted by molar-refractivity contribution is 0.0698. The van der Waals surface area contributed by atoms with Crippen molar-refractivity contribution in [2.24, 2.45) is 0 Å². The van der Waals surface area contributed by atoms with Crippen LogP contribution in [0, 0.1) is 0 Å². The lowest BCUT2D eigenvalue weighted by Gasteiger charge is -2.26. The molecular formula is C13H17BrN2O4. The molecule has 0 aliphatic carbocycles. The highest BCUT2D eigenvalue weighted by atomic mass is 79.9. The average Bonchev–Trinajstić information content (AvgIpc) is 2.34. The number of hydrogen-bond acceptors (Lipinski definition) is 3. The number of aliphatic hydroxyl groups excluding tert-OH is 1. The number of carbonyl (C=O) groups excluding carboxylic acids is 1. The molecule has 110 valence electrons. The van der Waals surface area contributed by atoms with E-state index in [-0.39, 0.29) is 30.4 Å². The molecule has 0 atom stereocenters. The molecule has 7 heteroatoms. The van der Waals surface area contributed by atoms with Crippen molar-refractivity contribution in [3.8, 4) is 0 Å². The van der Waals surface area contributed by atoms with Crippen LogP contribution in [0.15, 0.2) is 22.7 Å². The molecule has 1 aromatic rings. The van der Waals surface area contributed by atoms with E-state index in [1.165, 1.54) is 17.0 Å². The third kappa shape index (κ3) is 4.21. The third-order valence-electron chi connectivity index (χ3n) is 2.68. The molecule has 1 rings (SSSR count). The Bertz CT molecular complexity index is 505. The Morgan fingerprint density at radius 3 is 2.55 bits per heavy atom. The zero-order chi connectivity index (χ0) is 15.3. The molecule has 0 heterocycles. The number of urea groups is 1. The average molecular weight is 345 g/mol. The van der Waals surface area contributed by atoms with Crippen LogP contribution in [0.5, 0.6) is 0 Å². The molecule has 20 heavy (non-hydrogen) atoms. The maximum Gasteiger partial charge on any atom is 0.337 e. The van der Waals surface area contributed by atoms with Crippen molar-refractivity contribution in [1.82, 2.24) is 4.90 Å². The summed E-state index contributed by atoms with van der Waals surface area (Å²) in [7, 11) is 0. The van der Waals surface area contributed by atoms with E-state index in [2.05, 4.69) is 21.2 Å². The van der Waals surface area contributed by atoms with E-state index in [0.717, 1.165) is 0 Å². The van der Waals surface area contributed by atoms with Crippen molar-refractivity contribution in [1.29, 1.82) is 0 Å². The first kappa shape index (κ1) is 16.5. The second kappa shape index (κ2) is 7.25. The number of nitrogens with one attached hydrogen (secondary N) is 1. The molecule has 0 radical (unpaired) electrons. The Balaban J connectivity index is 2.99. The predicted molar refractivity (Wildman–Crippen MR) is 79.0 cm³/mol. The summed E-state index contributed by atoms with van der Waals surface area (Å²) < 4.78 is 0.663. The summed E-state index contributed by atoms with van der Waals surface area (Å²) in [6.07, 6.45) is 0. The van der Waals surface area contributed by atoms with Crippen LogP contribution in [-0.4, -0.2) is 46.3 Å². The van der Waals surface area contributed by atoms with Gasteiger partial charge in [0.05, 0.1) is 17.9 Å². The molecule has 0 aliphatic rings. The van der Waals surface area contributed by atoms with Crippen LogP contribution >= 0.6 is 15.9 Å². The number of hydrogen-bond donors (Lipinski definition) is 3. The van der Waals surface area contributed by atoms with Crippen molar-refractivity contribution < 1.29 is 19.8 Å². The third-order valence-corrected chi connectivity index (χ3v) is 3.17. The molecule has 0 spiro atoms. The second-order valence-electron chi connectivity index (χ2n) is 4.44. The maximum atomic E-state index is 12.1. The topological polar surface area (TPSA) is 89.9 Å². The molecule has 0 unspecified atom stereocenters. The van der Waals surface area contributed by atoms with Gasteiger partial charge in [-0.05, 0) is 32.0 Å². The number of anilines is 1. The fourth-order valence-electron chi connectivity index (χ4n) is 1.70. The number of carboxylic acids is 1. The van der Waals surface area contributed by atoms with E-state index >= 15 is 0 Å². The van der Waals surface area contributed by atoms with E-state index in [0.29, 0.717) is 4.47 Å². The molecule has 2 amide bonds. The lowest BCUT2D eigenvalue weighted by Crippen LogP contribution is -2.42. The number of nitrogens with zero attached hydrogens (tertiary/aromatic N) is 1. The Morgan fingerprint density at radius 2 is 2.05 bits per heavy atom. The lowest BCUT2D eigenvalue weighted by atomic mass is 10.2. The van der Waals surface area contributed by atoms with E-state index in [4.69, 9.17) is 10.2 Å². The first-order chi connectivity index (χ1) is 9.36. The smallest absolute Gasteiger partial charge is 0.337 e. The van der Waals surface area contributed by atoms with E-state index in [9.17, 15) is 9.59 Å². The van der Waals surface area contributed by atoms with Gasteiger partial charge in [0.1, 0.15) is 0 Å². The van der Waals surface area contributed by atoms with Crippen molar-refractivity contribution in [2.75, 3.05) is 18.5 Å². The standard InChI is InChI=1S/C13H17BrN2O4/c1-8(2)16(5-6-17)13(20)15-11-7-9(14)3-4-10(11)12(18)19/h3-4,7-8,17H,5-6H2,1-2H3,(H,15,20)(H,18,19). The van der Waals surface area contributed by atoms with Crippen LogP contribution in [-0.2, 0) is 0 Å². The summed E-state index contributed by atoms with van der Waals surface area (Å²) >= 11 is 3.23. The summed E-state index contributed by atoms with van der Waals surface area (Å²) in [6.45, 7) is 3.65. The normalized spacial score (nSPS) is 10.4. The number of benzene rings is 1. The van der Waals surface area contributed by atoms with Crippen molar-refractivity contribution in [2.45, 2.75) is 19.9 Å². The van der Waals surface area contributed by atoms with Gasteiger partial charge in [0.15, 0.2) is 0 Å². The number of amides is 2. The number of carboxylic acid groups (broad SMARTS) is 1. The highest BCUT2D eigenvalue weighted by Crippen LogP contribution is 2.22. The van der Waals surface area contributed by atoms with E-state index in [1.54, 1.807) is 6.07 Å². The molecule has 0 aromatic heterocycles. The Hall–Kier alpha value is -1.60. The first-order valence-electron chi connectivity index (χ1n) is 6.08. The molecule has 0 bridgehead atoms. The van der Waals surface area contributed by atoms with Gasteiger partial charge in [0.25, 0.3) is 0 Å². The number of rotatable bonds is 5. The summed E-state index contributed by atoms with van der Waals surface area (Å²) in [5, 5.41) is 20.6. The number of aromatic carboxylic acids is 1. The zero-order valence-electron chi connectivity index (χ0n) is 11.3. The summed E-state index contributed by atoms with van der Waals surface area (Å²) in [6, 6.07) is 3.97. The van der Waals surface area contributed by atoms with Gasteiger partial charge in [-0.15, -0.1) is 0 Å². The molecular weight excluding hydrogens is 328 g/mol. The molecule has 0 saturated heterocycles. The molecule has 0 aliphatic heterocycles. The van der Waals surface area contributed by atoms with Gasteiger partial charge in [-0.25, -0.2) is 9.59 Å². The van der Waals surface area contributed by atoms with Crippen LogP contribution in [0.25, 0.3) is 0 Å². The van der Waals surface area contributed by atoms with Gasteiger partial charge in [-0.1, -0.05) is 15.9 Å². The van der Waals surface area contributed by atoms with Crippen LogP contribution in [0.4, 0.5) is 10.5 Å². The minimum atomic E-state index is -1.12. The monoisotopic (exact) mass is 344 g/mol. The summed E-state index contributed by atoms with van der Waals surface area (Å²) in [5.74, 6) is -1.12. The number of halogens is 1. The second-order valence-corrected chi connectivity index (χ2v) is 5.35. The fraction of sp³-hybridized carbons (Fsp3) is 0.385. The molecule has 3 N–H and O–H groups in total. The largest absolute Gasteiger partial charge is 0.478 e. The minimum absolute atomic E-state index is 0.00857. The summed E-state index contributed by atoms with van der Waals surface area (Å²) in [4.78, 5) is 24.7. The minimum Gasteiger partial charge on any atom is -0.478 e. The predicted octanol–water partition coefficient (Wildman–Crippen LogP) is 2.38. The van der Waals surface area contributed by atoms with Crippen molar-refractivity contribution in [3.05, 3.63) is 28.2 Å². The van der Waals surface area contributed by atoms with Crippen LogP contribution < -0.4 is 5.32 Å². The van der Waals surface area contributed by atoms with Crippen LogP contribution in [0.2, 0.25) is 0 Å². The first-order valence-corrected chi connectivity index (χ1v) is 6.87. The molecule has 1 aromatic carbocycles.